The normalized spacial score (nSPS) is 10.5. The van der Waals surface area contributed by atoms with Crippen LogP contribution in [-0.2, 0) is 0 Å². The van der Waals surface area contributed by atoms with Gasteiger partial charge in [-0.25, -0.2) is 9.59 Å². The Hall–Kier alpha value is -3.71. The molecular formula is C32H36O6S. The Morgan fingerprint density at radius 1 is 0.590 bits per heavy atom. The van der Waals surface area contributed by atoms with E-state index in [1.165, 1.54) is 0 Å². The summed E-state index contributed by atoms with van der Waals surface area (Å²) in [6.45, 7) is 4.97. The molecule has 0 radical (unpaired) electrons. The van der Waals surface area contributed by atoms with E-state index in [0.717, 1.165) is 50.7 Å². The molecule has 0 aliphatic carbocycles. The van der Waals surface area contributed by atoms with Crippen molar-refractivity contribution >= 4 is 24.6 Å². The highest BCUT2D eigenvalue weighted by Crippen LogP contribution is 2.21. The summed E-state index contributed by atoms with van der Waals surface area (Å²) in [5.74, 6) is 2.05. The molecule has 206 valence electrons. The summed E-state index contributed by atoms with van der Waals surface area (Å²) in [6, 6.07) is 20.0. The molecule has 0 fully saturated rings. The third-order valence-electron chi connectivity index (χ3n) is 5.82. The molecule has 0 saturated carbocycles. The van der Waals surface area contributed by atoms with Crippen LogP contribution in [0.5, 0.6) is 23.0 Å². The number of carbonyl (C=O) groups excluding carboxylic acids is 2. The van der Waals surface area contributed by atoms with Gasteiger partial charge in [0.1, 0.15) is 23.0 Å². The second-order valence-electron chi connectivity index (χ2n) is 8.92. The highest BCUT2D eigenvalue weighted by Gasteiger charge is 2.12. The van der Waals surface area contributed by atoms with Crippen molar-refractivity contribution in [2.45, 2.75) is 44.9 Å². The van der Waals surface area contributed by atoms with Gasteiger partial charge in [0.25, 0.3) is 0 Å². The standard InChI is InChI=1S/C32H36O6S/c1-2-3-4-7-22-35-27-14-10-25(11-15-27)31(33)37-29-18-20-30(21-19-29)38-32(34)26-12-16-28(17-13-26)36-23-8-5-6-9-24-39/h2,10-21,39H,1,3-9,22-24H2. The lowest BCUT2D eigenvalue weighted by atomic mass is 10.2. The largest absolute Gasteiger partial charge is 0.494 e. The first-order valence-electron chi connectivity index (χ1n) is 13.3. The number of hydrogen-bond donors (Lipinski definition) is 1. The zero-order valence-electron chi connectivity index (χ0n) is 22.2. The molecule has 3 aromatic rings. The summed E-state index contributed by atoms with van der Waals surface area (Å²) >= 11 is 4.21. The van der Waals surface area contributed by atoms with Crippen LogP contribution >= 0.6 is 12.6 Å². The van der Waals surface area contributed by atoms with Gasteiger partial charge in [-0.1, -0.05) is 18.9 Å². The summed E-state index contributed by atoms with van der Waals surface area (Å²) in [7, 11) is 0. The Morgan fingerprint density at radius 2 is 1.00 bits per heavy atom. The van der Waals surface area contributed by atoms with Gasteiger partial charge in [-0.05, 0) is 111 Å². The maximum Gasteiger partial charge on any atom is 0.343 e. The Kier molecular flexibility index (Phi) is 13.0. The molecule has 0 heterocycles. The van der Waals surface area contributed by atoms with Crippen LogP contribution in [0.2, 0.25) is 0 Å². The van der Waals surface area contributed by atoms with E-state index in [-0.39, 0.29) is 0 Å². The van der Waals surface area contributed by atoms with Crippen molar-refractivity contribution in [1.29, 1.82) is 0 Å². The Morgan fingerprint density at radius 3 is 1.44 bits per heavy atom. The summed E-state index contributed by atoms with van der Waals surface area (Å²) in [5, 5.41) is 0. The highest BCUT2D eigenvalue weighted by atomic mass is 32.1. The third kappa shape index (κ3) is 10.9. The summed E-state index contributed by atoms with van der Waals surface area (Å²) in [4.78, 5) is 25.0. The molecule has 0 atom stereocenters. The maximum atomic E-state index is 12.5. The molecule has 0 unspecified atom stereocenters. The molecule has 6 nitrogen and oxygen atoms in total. The summed E-state index contributed by atoms with van der Waals surface area (Å²) < 4.78 is 22.3. The Bertz CT molecular complexity index is 1160. The van der Waals surface area contributed by atoms with Crippen molar-refractivity contribution in [2.75, 3.05) is 19.0 Å². The fraction of sp³-hybridized carbons (Fsp3) is 0.312. The van der Waals surface area contributed by atoms with Gasteiger partial charge in [0, 0.05) is 0 Å². The second-order valence-corrected chi connectivity index (χ2v) is 9.37. The van der Waals surface area contributed by atoms with Crippen LogP contribution in [0.1, 0.15) is 65.7 Å². The number of carbonyl (C=O) groups is 2. The van der Waals surface area contributed by atoms with Crippen LogP contribution in [0.4, 0.5) is 0 Å². The molecule has 0 aliphatic heterocycles. The lowest BCUT2D eigenvalue weighted by Crippen LogP contribution is -2.09. The number of hydrogen-bond acceptors (Lipinski definition) is 7. The number of rotatable bonds is 17. The van der Waals surface area contributed by atoms with Crippen molar-refractivity contribution in [2.24, 2.45) is 0 Å². The summed E-state index contributed by atoms with van der Waals surface area (Å²) in [6.07, 6.45) is 9.22. The average molecular weight is 549 g/mol. The third-order valence-corrected chi connectivity index (χ3v) is 6.13. The monoisotopic (exact) mass is 548 g/mol. The van der Waals surface area contributed by atoms with Gasteiger partial charge in [0.15, 0.2) is 0 Å². The van der Waals surface area contributed by atoms with Crippen molar-refractivity contribution in [1.82, 2.24) is 0 Å². The Balaban J connectivity index is 1.42. The zero-order chi connectivity index (χ0) is 27.7. The van der Waals surface area contributed by atoms with Crippen LogP contribution in [0.25, 0.3) is 0 Å². The average Bonchev–Trinajstić information content (AvgIpc) is 2.96. The van der Waals surface area contributed by atoms with E-state index in [0.29, 0.717) is 47.3 Å². The molecule has 0 saturated heterocycles. The molecule has 0 N–H and O–H groups in total. The minimum Gasteiger partial charge on any atom is -0.494 e. The second kappa shape index (κ2) is 17.0. The van der Waals surface area contributed by atoms with Crippen LogP contribution in [-0.4, -0.2) is 30.9 Å². The van der Waals surface area contributed by atoms with E-state index < -0.39 is 11.9 Å². The number of allylic oxidation sites excluding steroid dienone is 1. The quantitative estimate of drug-likeness (QED) is 0.0612. The van der Waals surface area contributed by atoms with Crippen molar-refractivity contribution < 1.29 is 28.5 Å². The number of ether oxygens (including phenoxy) is 4. The smallest absolute Gasteiger partial charge is 0.343 e. The van der Waals surface area contributed by atoms with Gasteiger partial charge >= 0.3 is 11.9 Å². The molecule has 39 heavy (non-hydrogen) atoms. The van der Waals surface area contributed by atoms with Gasteiger partial charge in [0.05, 0.1) is 24.3 Å². The maximum absolute atomic E-state index is 12.5. The first-order valence-corrected chi connectivity index (χ1v) is 13.9. The van der Waals surface area contributed by atoms with Gasteiger partial charge in [-0.15, -0.1) is 6.58 Å². The Labute approximate surface area is 236 Å². The minimum atomic E-state index is -0.489. The van der Waals surface area contributed by atoms with E-state index in [1.54, 1.807) is 72.8 Å². The van der Waals surface area contributed by atoms with E-state index in [4.69, 9.17) is 18.9 Å². The minimum absolute atomic E-state index is 0.342. The van der Waals surface area contributed by atoms with Gasteiger partial charge in [-0.3, -0.25) is 0 Å². The first-order chi connectivity index (χ1) is 19.1. The van der Waals surface area contributed by atoms with E-state index in [1.807, 2.05) is 6.08 Å². The molecule has 0 bridgehead atoms. The van der Waals surface area contributed by atoms with E-state index in [2.05, 4.69) is 19.2 Å². The predicted octanol–water partition coefficient (Wildman–Crippen LogP) is 7.73. The predicted molar refractivity (Wildman–Crippen MR) is 157 cm³/mol. The SMILES string of the molecule is C=CCCCCOc1ccc(C(=O)Oc2ccc(OC(=O)c3ccc(OCCCCCCS)cc3)cc2)cc1. The molecule has 0 aromatic heterocycles. The fourth-order valence-corrected chi connectivity index (χ4v) is 3.84. The molecule has 0 spiro atoms. The molecule has 0 amide bonds. The molecular weight excluding hydrogens is 512 g/mol. The zero-order valence-corrected chi connectivity index (χ0v) is 23.1. The van der Waals surface area contributed by atoms with Gasteiger partial charge in [-0.2, -0.15) is 12.6 Å². The number of unbranched alkanes of at least 4 members (excludes halogenated alkanes) is 5. The van der Waals surface area contributed by atoms with Crippen molar-refractivity contribution in [3.05, 3.63) is 96.6 Å². The van der Waals surface area contributed by atoms with Crippen molar-refractivity contribution in [3.63, 3.8) is 0 Å². The lowest BCUT2D eigenvalue weighted by Gasteiger charge is -2.09. The number of esters is 2. The number of thiol groups is 1. The highest BCUT2D eigenvalue weighted by molar-refractivity contribution is 7.80. The van der Waals surface area contributed by atoms with Crippen LogP contribution in [0.3, 0.4) is 0 Å². The molecule has 3 rings (SSSR count). The molecule has 0 aliphatic rings. The molecule has 3 aromatic carbocycles. The summed E-state index contributed by atoms with van der Waals surface area (Å²) in [5.41, 5.74) is 0.821. The topological polar surface area (TPSA) is 71.1 Å². The lowest BCUT2D eigenvalue weighted by molar-refractivity contribution is 0.0719. The van der Waals surface area contributed by atoms with Gasteiger partial charge < -0.3 is 18.9 Å². The first kappa shape index (κ1) is 29.8. The van der Waals surface area contributed by atoms with Crippen LogP contribution in [0, 0.1) is 0 Å². The van der Waals surface area contributed by atoms with E-state index >= 15 is 0 Å². The number of benzene rings is 3. The van der Waals surface area contributed by atoms with E-state index in [9.17, 15) is 9.59 Å². The van der Waals surface area contributed by atoms with Gasteiger partial charge in [0.2, 0.25) is 0 Å². The van der Waals surface area contributed by atoms with Crippen LogP contribution < -0.4 is 18.9 Å². The molecule has 7 heteroatoms. The fourth-order valence-electron chi connectivity index (χ4n) is 3.62. The van der Waals surface area contributed by atoms with Crippen LogP contribution in [0.15, 0.2) is 85.5 Å². The van der Waals surface area contributed by atoms with Crippen molar-refractivity contribution in [3.8, 4) is 23.0 Å².